The highest BCUT2D eigenvalue weighted by molar-refractivity contribution is 9.10. The first-order valence-electron chi connectivity index (χ1n) is 8.77. The van der Waals surface area contributed by atoms with E-state index in [-0.39, 0.29) is 11.7 Å². The van der Waals surface area contributed by atoms with E-state index in [4.69, 9.17) is 0 Å². The van der Waals surface area contributed by atoms with Crippen LogP contribution in [0.3, 0.4) is 0 Å². The third-order valence-corrected chi connectivity index (χ3v) is 5.52. The van der Waals surface area contributed by atoms with E-state index in [2.05, 4.69) is 36.7 Å². The Morgan fingerprint density at radius 1 is 1.18 bits per heavy atom. The van der Waals surface area contributed by atoms with Crippen LogP contribution in [0.4, 0.5) is 0 Å². The van der Waals surface area contributed by atoms with Crippen LogP contribution in [-0.2, 0) is 11.8 Å². The van der Waals surface area contributed by atoms with Gasteiger partial charge in [0.05, 0.1) is 11.5 Å². The van der Waals surface area contributed by atoms with Gasteiger partial charge in [-0.3, -0.25) is 4.79 Å². The molecule has 8 heteroatoms. The molecule has 1 N–H and O–H groups in total. The van der Waals surface area contributed by atoms with Gasteiger partial charge in [0.1, 0.15) is 0 Å². The van der Waals surface area contributed by atoms with Crippen LogP contribution < -0.4 is 5.43 Å². The zero-order valence-electron chi connectivity index (χ0n) is 15.6. The van der Waals surface area contributed by atoms with Crippen LogP contribution in [0.5, 0.6) is 0 Å². The molecule has 0 saturated heterocycles. The highest BCUT2D eigenvalue weighted by Crippen LogP contribution is 2.24. The number of amides is 1. The monoisotopic (exact) mass is 457 g/mol. The van der Waals surface area contributed by atoms with Crippen LogP contribution in [0.25, 0.3) is 11.4 Å². The molecule has 0 fully saturated rings. The Balaban J connectivity index is 1.61. The average Bonchev–Trinajstić information content (AvgIpc) is 3.08. The highest BCUT2D eigenvalue weighted by Gasteiger charge is 2.13. The molecule has 0 unspecified atom stereocenters. The van der Waals surface area contributed by atoms with Crippen molar-refractivity contribution in [3.05, 3.63) is 64.6 Å². The Bertz CT molecular complexity index is 987. The first kappa shape index (κ1) is 20.3. The lowest BCUT2D eigenvalue weighted by atomic mass is 10.1. The predicted molar refractivity (Wildman–Crippen MR) is 116 cm³/mol. The number of benzene rings is 2. The first-order valence-corrected chi connectivity index (χ1v) is 10.5. The SMILES string of the molecule is CC/C(=N\NC(=O)CSc1nnc(-c2cccc(Br)c2)n1C)c1ccccc1. The van der Waals surface area contributed by atoms with Crippen molar-refractivity contribution in [2.45, 2.75) is 18.5 Å². The number of halogens is 1. The topological polar surface area (TPSA) is 72.2 Å². The van der Waals surface area contributed by atoms with E-state index < -0.39 is 0 Å². The third-order valence-electron chi connectivity index (χ3n) is 4.01. The molecule has 0 aliphatic heterocycles. The number of aromatic nitrogens is 3. The number of hydrogen-bond donors (Lipinski definition) is 1. The van der Waals surface area contributed by atoms with E-state index in [0.29, 0.717) is 5.16 Å². The summed E-state index contributed by atoms with van der Waals surface area (Å²) < 4.78 is 2.86. The molecular weight excluding hydrogens is 438 g/mol. The van der Waals surface area contributed by atoms with Crippen molar-refractivity contribution < 1.29 is 4.79 Å². The van der Waals surface area contributed by atoms with Gasteiger partial charge in [-0.25, -0.2) is 5.43 Å². The summed E-state index contributed by atoms with van der Waals surface area (Å²) in [6.07, 6.45) is 0.733. The molecule has 1 heterocycles. The van der Waals surface area contributed by atoms with Crippen molar-refractivity contribution >= 4 is 39.3 Å². The maximum Gasteiger partial charge on any atom is 0.250 e. The highest BCUT2D eigenvalue weighted by atomic mass is 79.9. The molecule has 0 aliphatic rings. The fraction of sp³-hybridized carbons (Fsp3) is 0.200. The van der Waals surface area contributed by atoms with Crippen molar-refractivity contribution in [1.29, 1.82) is 0 Å². The van der Waals surface area contributed by atoms with E-state index in [1.54, 1.807) is 0 Å². The minimum absolute atomic E-state index is 0.182. The normalized spacial score (nSPS) is 11.5. The second kappa shape index (κ2) is 9.66. The second-order valence-corrected chi connectivity index (χ2v) is 7.84. The average molecular weight is 458 g/mol. The van der Waals surface area contributed by atoms with Crippen LogP contribution in [0.15, 0.2) is 69.3 Å². The fourth-order valence-electron chi connectivity index (χ4n) is 2.59. The summed E-state index contributed by atoms with van der Waals surface area (Å²) in [5.74, 6) is 0.776. The molecule has 28 heavy (non-hydrogen) atoms. The van der Waals surface area contributed by atoms with Gasteiger partial charge in [-0.15, -0.1) is 10.2 Å². The van der Waals surface area contributed by atoms with E-state index in [1.807, 2.05) is 73.1 Å². The van der Waals surface area contributed by atoms with Gasteiger partial charge in [0, 0.05) is 17.1 Å². The predicted octanol–water partition coefficient (Wildman–Crippen LogP) is 4.27. The Morgan fingerprint density at radius 2 is 1.96 bits per heavy atom. The summed E-state index contributed by atoms with van der Waals surface area (Å²) in [5, 5.41) is 13.4. The van der Waals surface area contributed by atoms with Crippen LogP contribution in [0.2, 0.25) is 0 Å². The molecule has 144 valence electrons. The quantitative estimate of drug-likeness (QED) is 0.326. The minimum Gasteiger partial charge on any atom is -0.305 e. The number of hydrazone groups is 1. The Kier molecular flexibility index (Phi) is 7.00. The van der Waals surface area contributed by atoms with Crippen molar-refractivity contribution in [2.24, 2.45) is 12.1 Å². The summed E-state index contributed by atoms with van der Waals surface area (Å²) in [5.41, 5.74) is 5.44. The summed E-state index contributed by atoms with van der Waals surface area (Å²) in [7, 11) is 1.89. The maximum atomic E-state index is 12.2. The molecule has 3 rings (SSSR count). The molecule has 6 nitrogen and oxygen atoms in total. The number of rotatable bonds is 7. The fourth-order valence-corrected chi connectivity index (χ4v) is 3.69. The van der Waals surface area contributed by atoms with Crippen LogP contribution in [0, 0.1) is 0 Å². The number of hydrogen-bond acceptors (Lipinski definition) is 5. The maximum absolute atomic E-state index is 12.2. The molecule has 0 bridgehead atoms. The molecular formula is C20H20BrN5OS. The van der Waals surface area contributed by atoms with Crippen molar-refractivity contribution in [3.63, 3.8) is 0 Å². The number of carbonyl (C=O) groups excluding carboxylic acids is 1. The van der Waals surface area contributed by atoms with Gasteiger partial charge in [0.2, 0.25) is 0 Å². The van der Waals surface area contributed by atoms with E-state index in [0.717, 1.165) is 33.6 Å². The van der Waals surface area contributed by atoms with Gasteiger partial charge >= 0.3 is 0 Å². The Hall–Kier alpha value is -2.45. The lowest BCUT2D eigenvalue weighted by molar-refractivity contribution is -0.118. The van der Waals surface area contributed by atoms with Gasteiger partial charge in [-0.05, 0) is 24.1 Å². The number of thioether (sulfide) groups is 1. The van der Waals surface area contributed by atoms with Crippen molar-refractivity contribution in [3.8, 4) is 11.4 Å². The van der Waals surface area contributed by atoms with E-state index in [1.165, 1.54) is 11.8 Å². The Labute approximate surface area is 176 Å². The van der Waals surface area contributed by atoms with E-state index >= 15 is 0 Å². The van der Waals surface area contributed by atoms with Gasteiger partial charge in [0.25, 0.3) is 5.91 Å². The molecule has 2 aromatic carbocycles. The first-order chi connectivity index (χ1) is 13.6. The largest absolute Gasteiger partial charge is 0.305 e. The summed E-state index contributed by atoms with van der Waals surface area (Å²) in [6.45, 7) is 2.01. The van der Waals surface area contributed by atoms with Crippen molar-refractivity contribution in [2.75, 3.05) is 5.75 Å². The van der Waals surface area contributed by atoms with Crippen LogP contribution >= 0.6 is 27.7 Å². The molecule has 1 aromatic heterocycles. The number of nitrogens with zero attached hydrogens (tertiary/aromatic N) is 4. The zero-order chi connectivity index (χ0) is 19.9. The van der Waals surface area contributed by atoms with Crippen LogP contribution in [-0.4, -0.2) is 32.1 Å². The smallest absolute Gasteiger partial charge is 0.250 e. The lowest BCUT2D eigenvalue weighted by Crippen LogP contribution is -2.22. The minimum atomic E-state index is -0.182. The molecule has 1 amide bonds. The molecule has 3 aromatic rings. The molecule has 0 spiro atoms. The van der Waals surface area contributed by atoms with Gasteiger partial charge in [-0.1, -0.05) is 77.1 Å². The summed E-state index contributed by atoms with van der Waals surface area (Å²) >= 11 is 4.79. The van der Waals surface area contributed by atoms with Crippen LogP contribution in [0.1, 0.15) is 18.9 Å². The summed E-state index contributed by atoms with van der Waals surface area (Å²) in [6, 6.07) is 17.7. The van der Waals surface area contributed by atoms with Gasteiger partial charge in [0.15, 0.2) is 11.0 Å². The number of carbonyl (C=O) groups is 1. The number of nitrogens with one attached hydrogen (secondary N) is 1. The lowest BCUT2D eigenvalue weighted by Gasteiger charge is -2.06. The van der Waals surface area contributed by atoms with Crippen molar-refractivity contribution in [1.82, 2.24) is 20.2 Å². The third kappa shape index (κ3) is 5.08. The summed E-state index contributed by atoms with van der Waals surface area (Å²) in [4.78, 5) is 12.2. The standard InChI is InChI=1S/C20H20BrN5OS/c1-3-17(14-8-5-4-6-9-14)22-23-18(27)13-28-20-25-24-19(26(20)2)15-10-7-11-16(21)12-15/h4-12H,3,13H2,1-2H3,(H,23,27)/b22-17+. The Morgan fingerprint density at radius 3 is 2.68 bits per heavy atom. The van der Waals surface area contributed by atoms with E-state index in [9.17, 15) is 4.79 Å². The van der Waals surface area contributed by atoms with Gasteiger partial charge in [-0.2, -0.15) is 5.10 Å². The molecule has 0 saturated carbocycles. The molecule has 0 radical (unpaired) electrons. The zero-order valence-corrected chi connectivity index (χ0v) is 18.0. The molecule has 0 aliphatic carbocycles. The van der Waals surface area contributed by atoms with Gasteiger partial charge < -0.3 is 4.57 Å². The molecule has 0 atom stereocenters. The second-order valence-electron chi connectivity index (χ2n) is 5.98.